The van der Waals surface area contributed by atoms with Gasteiger partial charge in [-0.2, -0.15) is 5.10 Å². The molecule has 1 aromatic rings. The fraction of sp³-hybridized carbons (Fsp3) is 0.692. The number of aromatic nitrogens is 2. The lowest BCUT2D eigenvalue weighted by Crippen LogP contribution is -2.40. The summed E-state index contributed by atoms with van der Waals surface area (Å²) < 4.78 is 1.78. The molecule has 6 heteroatoms. The second kappa shape index (κ2) is 5.71. The smallest absolute Gasteiger partial charge is 0.221 e. The fourth-order valence-electron chi connectivity index (χ4n) is 2.82. The zero-order valence-corrected chi connectivity index (χ0v) is 11.6. The number of hydrogen-bond donors (Lipinski definition) is 2. The van der Waals surface area contributed by atoms with E-state index in [1.165, 1.54) is 0 Å². The molecule has 1 aliphatic rings. The largest absolute Gasteiger partial charge is 0.369 e. The lowest BCUT2D eigenvalue weighted by molar-refractivity contribution is -0.121. The van der Waals surface area contributed by atoms with Crippen molar-refractivity contribution in [3.8, 4) is 0 Å². The first-order valence-corrected chi connectivity index (χ1v) is 6.80. The molecule has 1 aromatic heterocycles. The summed E-state index contributed by atoms with van der Waals surface area (Å²) in [5.41, 5.74) is 12.8. The van der Waals surface area contributed by atoms with Crippen molar-refractivity contribution in [1.29, 1.82) is 0 Å². The van der Waals surface area contributed by atoms with E-state index in [-0.39, 0.29) is 23.9 Å². The SMILES string of the molecule is CCC(N)C(c1cnn(C)c1)N1CCC(C(N)=O)C1. The first-order chi connectivity index (χ1) is 9.02. The van der Waals surface area contributed by atoms with Crippen LogP contribution >= 0.6 is 0 Å². The van der Waals surface area contributed by atoms with Gasteiger partial charge >= 0.3 is 0 Å². The van der Waals surface area contributed by atoms with Gasteiger partial charge in [-0.25, -0.2) is 0 Å². The molecule has 3 atom stereocenters. The molecule has 6 nitrogen and oxygen atoms in total. The van der Waals surface area contributed by atoms with Crippen LogP contribution in [0.15, 0.2) is 12.4 Å². The molecule has 106 valence electrons. The van der Waals surface area contributed by atoms with Gasteiger partial charge in [-0.3, -0.25) is 14.4 Å². The number of nitrogens with two attached hydrogens (primary N) is 2. The van der Waals surface area contributed by atoms with Gasteiger partial charge in [-0.1, -0.05) is 6.92 Å². The number of amides is 1. The minimum absolute atomic E-state index is 0.0378. The van der Waals surface area contributed by atoms with Gasteiger partial charge < -0.3 is 11.5 Å². The Bertz CT molecular complexity index is 444. The highest BCUT2D eigenvalue weighted by Crippen LogP contribution is 2.30. The highest BCUT2D eigenvalue weighted by Gasteiger charge is 2.34. The van der Waals surface area contributed by atoms with E-state index in [9.17, 15) is 4.79 Å². The Morgan fingerprint density at radius 3 is 2.84 bits per heavy atom. The topological polar surface area (TPSA) is 90.2 Å². The number of primary amides is 1. The summed E-state index contributed by atoms with van der Waals surface area (Å²) in [5.74, 6) is -0.263. The van der Waals surface area contributed by atoms with Crippen molar-refractivity contribution in [2.45, 2.75) is 31.8 Å². The molecule has 1 amide bonds. The van der Waals surface area contributed by atoms with Gasteiger partial charge in [0.1, 0.15) is 0 Å². The van der Waals surface area contributed by atoms with Crippen LogP contribution in [0.4, 0.5) is 0 Å². The molecule has 0 radical (unpaired) electrons. The van der Waals surface area contributed by atoms with Crippen LogP contribution < -0.4 is 11.5 Å². The van der Waals surface area contributed by atoms with Crippen LogP contribution in [0, 0.1) is 5.92 Å². The monoisotopic (exact) mass is 265 g/mol. The Hall–Kier alpha value is -1.40. The van der Waals surface area contributed by atoms with Crippen LogP contribution in [0.25, 0.3) is 0 Å². The first-order valence-electron chi connectivity index (χ1n) is 6.80. The molecule has 0 saturated carbocycles. The van der Waals surface area contributed by atoms with Gasteiger partial charge in [0.2, 0.25) is 5.91 Å². The number of likely N-dealkylation sites (tertiary alicyclic amines) is 1. The Balaban J connectivity index is 2.17. The van der Waals surface area contributed by atoms with E-state index in [0.29, 0.717) is 6.54 Å². The molecule has 2 rings (SSSR count). The predicted molar refractivity (Wildman–Crippen MR) is 73.1 cm³/mol. The first kappa shape index (κ1) is 14.0. The Kier molecular flexibility index (Phi) is 4.21. The molecule has 1 aliphatic heterocycles. The predicted octanol–water partition coefficient (Wildman–Crippen LogP) is 0.00570. The van der Waals surface area contributed by atoms with Crippen molar-refractivity contribution in [2.75, 3.05) is 13.1 Å². The summed E-state index contributed by atoms with van der Waals surface area (Å²) in [6.07, 6.45) is 5.56. The second-order valence-electron chi connectivity index (χ2n) is 5.35. The minimum atomic E-state index is -0.211. The van der Waals surface area contributed by atoms with Gasteiger partial charge in [0.05, 0.1) is 18.2 Å². The van der Waals surface area contributed by atoms with Crippen molar-refractivity contribution in [2.24, 2.45) is 24.4 Å². The summed E-state index contributed by atoms with van der Waals surface area (Å²) in [7, 11) is 1.90. The van der Waals surface area contributed by atoms with Crippen molar-refractivity contribution in [1.82, 2.24) is 14.7 Å². The molecular formula is C13H23N5O. The van der Waals surface area contributed by atoms with Gasteiger partial charge in [0.25, 0.3) is 0 Å². The van der Waals surface area contributed by atoms with Gasteiger partial charge in [-0.15, -0.1) is 0 Å². The average molecular weight is 265 g/mol. The van der Waals surface area contributed by atoms with Crippen molar-refractivity contribution in [3.63, 3.8) is 0 Å². The third-order valence-electron chi connectivity index (χ3n) is 3.96. The van der Waals surface area contributed by atoms with Crippen LogP contribution in [0.1, 0.15) is 31.4 Å². The van der Waals surface area contributed by atoms with Gasteiger partial charge in [0.15, 0.2) is 0 Å². The van der Waals surface area contributed by atoms with Crippen molar-refractivity contribution in [3.05, 3.63) is 18.0 Å². The number of rotatable bonds is 5. The lowest BCUT2D eigenvalue weighted by Gasteiger charge is -2.31. The molecule has 0 aliphatic carbocycles. The molecule has 2 heterocycles. The maximum Gasteiger partial charge on any atom is 0.221 e. The van der Waals surface area contributed by atoms with E-state index < -0.39 is 0 Å². The molecule has 1 saturated heterocycles. The minimum Gasteiger partial charge on any atom is -0.369 e. The Morgan fingerprint density at radius 1 is 1.63 bits per heavy atom. The average Bonchev–Trinajstić information content (AvgIpc) is 2.99. The van der Waals surface area contributed by atoms with E-state index in [2.05, 4.69) is 16.9 Å². The van der Waals surface area contributed by atoms with Gasteiger partial charge in [-0.05, 0) is 19.4 Å². The van der Waals surface area contributed by atoms with E-state index in [4.69, 9.17) is 11.5 Å². The van der Waals surface area contributed by atoms with E-state index in [0.717, 1.165) is 24.9 Å². The van der Waals surface area contributed by atoms with E-state index >= 15 is 0 Å². The maximum absolute atomic E-state index is 11.3. The summed E-state index contributed by atoms with van der Waals surface area (Å²) in [5, 5.41) is 4.22. The molecular weight excluding hydrogens is 242 g/mol. The van der Waals surface area contributed by atoms with E-state index in [1.54, 1.807) is 4.68 Å². The second-order valence-corrected chi connectivity index (χ2v) is 5.35. The molecule has 3 unspecified atom stereocenters. The summed E-state index contributed by atoms with van der Waals surface area (Å²) >= 11 is 0. The molecule has 4 N–H and O–H groups in total. The molecule has 0 bridgehead atoms. The van der Waals surface area contributed by atoms with Crippen LogP contribution in [0.2, 0.25) is 0 Å². The van der Waals surface area contributed by atoms with Crippen LogP contribution in [-0.2, 0) is 11.8 Å². The number of carbonyl (C=O) groups excluding carboxylic acids is 1. The zero-order chi connectivity index (χ0) is 14.0. The molecule has 1 fully saturated rings. The normalized spacial score (nSPS) is 23.4. The zero-order valence-electron chi connectivity index (χ0n) is 11.6. The van der Waals surface area contributed by atoms with Crippen LogP contribution in [-0.4, -0.2) is 39.7 Å². The summed E-state index contributed by atoms with van der Waals surface area (Å²) in [6, 6.07) is 0.152. The Morgan fingerprint density at radius 2 is 2.37 bits per heavy atom. The third-order valence-corrected chi connectivity index (χ3v) is 3.96. The number of nitrogens with zero attached hydrogens (tertiary/aromatic N) is 3. The lowest BCUT2D eigenvalue weighted by atomic mass is 9.99. The Labute approximate surface area is 113 Å². The number of hydrogen-bond acceptors (Lipinski definition) is 4. The highest BCUT2D eigenvalue weighted by atomic mass is 16.1. The maximum atomic E-state index is 11.3. The third kappa shape index (κ3) is 2.96. The number of carbonyl (C=O) groups is 1. The van der Waals surface area contributed by atoms with Crippen LogP contribution in [0.5, 0.6) is 0 Å². The van der Waals surface area contributed by atoms with Crippen molar-refractivity contribution >= 4 is 5.91 Å². The highest BCUT2D eigenvalue weighted by molar-refractivity contribution is 5.77. The fourth-order valence-corrected chi connectivity index (χ4v) is 2.82. The van der Waals surface area contributed by atoms with Gasteiger partial charge in [0, 0.05) is 31.4 Å². The molecule has 0 spiro atoms. The van der Waals surface area contributed by atoms with Crippen molar-refractivity contribution < 1.29 is 4.79 Å². The summed E-state index contributed by atoms with van der Waals surface area (Å²) in [4.78, 5) is 13.6. The standard InChI is InChI=1S/C13H23N5O/c1-3-11(14)12(10-6-16-17(2)7-10)18-5-4-9(8-18)13(15)19/h6-7,9,11-12H,3-5,8,14H2,1-2H3,(H2,15,19). The van der Waals surface area contributed by atoms with E-state index in [1.807, 2.05) is 19.4 Å². The quantitative estimate of drug-likeness (QED) is 0.784. The molecule has 19 heavy (non-hydrogen) atoms. The molecule has 0 aromatic carbocycles. The van der Waals surface area contributed by atoms with Crippen LogP contribution in [0.3, 0.4) is 0 Å². The number of aryl methyl sites for hydroxylation is 1. The summed E-state index contributed by atoms with van der Waals surface area (Å²) in [6.45, 7) is 3.64.